The number of urea groups is 1. The molecule has 3 rings (SSSR count). The number of hydrogen-bond donors (Lipinski definition) is 2. The first-order valence-corrected chi connectivity index (χ1v) is 8.47. The molecule has 3 aliphatic rings. The molecule has 3 fully saturated rings. The van der Waals surface area contributed by atoms with Crippen LogP contribution in [0.5, 0.6) is 0 Å². The molecule has 2 N–H and O–H groups in total. The SMILES string of the molecule is CCOC1CC(NC(=O)N2CCCC(CO)C2)C12CCC2. The molecule has 5 nitrogen and oxygen atoms in total. The van der Waals surface area contributed by atoms with E-state index >= 15 is 0 Å². The summed E-state index contributed by atoms with van der Waals surface area (Å²) in [5.74, 6) is 0.250. The first kappa shape index (κ1) is 15.1. The van der Waals surface area contributed by atoms with Crippen LogP contribution >= 0.6 is 0 Å². The smallest absolute Gasteiger partial charge is 0.317 e. The standard InChI is InChI=1S/C16H28N2O3/c1-2-21-14-9-13(16(14)6-4-7-16)17-15(20)18-8-3-5-12(10-18)11-19/h12-14,19H,2-11H2,1H3,(H,17,20). The fourth-order valence-electron chi connectivity index (χ4n) is 4.28. The molecule has 5 heteroatoms. The topological polar surface area (TPSA) is 61.8 Å². The molecule has 120 valence electrons. The maximum atomic E-state index is 12.4. The predicted molar refractivity (Wildman–Crippen MR) is 80.0 cm³/mol. The normalized spacial score (nSPS) is 34.2. The van der Waals surface area contributed by atoms with Gasteiger partial charge in [0.05, 0.1) is 6.10 Å². The minimum Gasteiger partial charge on any atom is -0.396 e. The van der Waals surface area contributed by atoms with E-state index in [0.717, 1.165) is 32.4 Å². The molecule has 1 saturated heterocycles. The highest BCUT2D eigenvalue weighted by molar-refractivity contribution is 5.75. The van der Waals surface area contributed by atoms with Gasteiger partial charge in [0, 0.05) is 37.8 Å². The van der Waals surface area contributed by atoms with Crippen molar-refractivity contribution in [3.05, 3.63) is 0 Å². The number of amides is 2. The minimum absolute atomic E-state index is 0.0550. The molecule has 2 aliphatic carbocycles. The number of rotatable bonds is 4. The van der Waals surface area contributed by atoms with Crippen molar-refractivity contribution >= 4 is 6.03 Å². The molecule has 1 heterocycles. The van der Waals surface area contributed by atoms with E-state index in [4.69, 9.17) is 4.74 Å². The van der Waals surface area contributed by atoms with Crippen LogP contribution in [0.2, 0.25) is 0 Å². The highest BCUT2D eigenvalue weighted by Crippen LogP contribution is 2.57. The fourth-order valence-corrected chi connectivity index (χ4v) is 4.28. The van der Waals surface area contributed by atoms with Crippen molar-refractivity contribution in [2.75, 3.05) is 26.3 Å². The Morgan fingerprint density at radius 3 is 2.86 bits per heavy atom. The zero-order valence-corrected chi connectivity index (χ0v) is 13.0. The van der Waals surface area contributed by atoms with Crippen molar-refractivity contribution in [2.45, 2.75) is 57.6 Å². The number of aliphatic hydroxyl groups excluding tert-OH is 1. The van der Waals surface area contributed by atoms with Crippen LogP contribution in [0, 0.1) is 11.3 Å². The van der Waals surface area contributed by atoms with Gasteiger partial charge in [0.25, 0.3) is 0 Å². The number of aliphatic hydroxyl groups is 1. The number of nitrogens with zero attached hydrogens (tertiary/aromatic N) is 1. The second kappa shape index (κ2) is 6.13. The average Bonchev–Trinajstić information content (AvgIpc) is 2.44. The van der Waals surface area contributed by atoms with Crippen LogP contribution < -0.4 is 5.32 Å². The molecule has 1 spiro atoms. The molecular weight excluding hydrogens is 268 g/mol. The van der Waals surface area contributed by atoms with Gasteiger partial charge in [-0.25, -0.2) is 4.79 Å². The summed E-state index contributed by atoms with van der Waals surface area (Å²) in [7, 11) is 0. The van der Waals surface area contributed by atoms with Gasteiger partial charge in [-0.05, 0) is 44.9 Å². The summed E-state index contributed by atoms with van der Waals surface area (Å²) in [6, 6.07) is 0.337. The van der Waals surface area contributed by atoms with E-state index in [1.165, 1.54) is 19.3 Å². The van der Waals surface area contributed by atoms with E-state index in [0.29, 0.717) is 12.6 Å². The zero-order valence-electron chi connectivity index (χ0n) is 13.0. The second-order valence-electron chi connectivity index (χ2n) is 6.91. The number of likely N-dealkylation sites (tertiary alicyclic amines) is 1. The van der Waals surface area contributed by atoms with Crippen LogP contribution in [-0.2, 0) is 4.74 Å². The first-order valence-electron chi connectivity index (χ1n) is 8.47. The summed E-state index contributed by atoms with van der Waals surface area (Å²) in [5, 5.41) is 12.5. The lowest BCUT2D eigenvalue weighted by molar-refractivity contribution is -0.170. The number of carbonyl (C=O) groups is 1. The Bertz CT molecular complexity index is 384. The average molecular weight is 296 g/mol. The van der Waals surface area contributed by atoms with Crippen molar-refractivity contribution in [2.24, 2.45) is 11.3 Å². The molecule has 0 aromatic heterocycles. The Morgan fingerprint density at radius 1 is 1.43 bits per heavy atom. The van der Waals surface area contributed by atoms with Gasteiger partial charge in [0.15, 0.2) is 0 Å². The molecule has 0 radical (unpaired) electrons. The van der Waals surface area contributed by atoms with Crippen LogP contribution in [0.25, 0.3) is 0 Å². The van der Waals surface area contributed by atoms with E-state index in [1.807, 2.05) is 11.8 Å². The summed E-state index contributed by atoms with van der Waals surface area (Å²) in [5.41, 5.74) is 0.220. The highest BCUT2D eigenvalue weighted by Gasteiger charge is 2.59. The van der Waals surface area contributed by atoms with Crippen molar-refractivity contribution in [1.29, 1.82) is 0 Å². The van der Waals surface area contributed by atoms with Crippen LogP contribution in [0.1, 0.15) is 45.4 Å². The largest absolute Gasteiger partial charge is 0.396 e. The Kier molecular flexibility index (Phi) is 4.41. The first-order chi connectivity index (χ1) is 10.2. The van der Waals surface area contributed by atoms with Crippen LogP contribution in [0.4, 0.5) is 4.79 Å². The highest BCUT2D eigenvalue weighted by atomic mass is 16.5. The van der Waals surface area contributed by atoms with Crippen molar-refractivity contribution in [3.63, 3.8) is 0 Å². The Hall–Kier alpha value is -0.810. The third kappa shape index (κ3) is 2.66. The van der Waals surface area contributed by atoms with Crippen molar-refractivity contribution < 1.29 is 14.6 Å². The summed E-state index contributed by atoms with van der Waals surface area (Å²) < 4.78 is 5.83. The fraction of sp³-hybridized carbons (Fsp3) is 0.938. The van der Waals surface area contributed by atoms with E-state index in [9.17, 15) is 9.90 Å². The molecule has 3 unspecified atom stereocenters. The number of nitrogens with one attached hydrogen (secondary N) is 1. The van der Waals surface area contributed by atoms with Gasteiger partial charge < -0.3 is 20.1 Å². The van der Waals surface area contributed by atoms with Crippen molar-refractivity contribution in [1.82, 2.24) is 10.2 Å². The zero-order chi connectivity index (χ0) is 14.9. The molecular formula is C16H28N2O3. The number of carbonyl (C=O) groups excluding carboxylic acids is 1. The minimum atomic E-state index is 0.0550. The summed E-state index contributed by atoms with van der Waals surface area (Å²) in [6.07, 6.45) is 6.94. The van der Waals surface area contributed by atoms with Gasteiger partial charge in [-0.15, -0.1) is 0 Å². The molecule has 2 amide bonds. The molecule has 21 heavy (non-hydrogen) atoms. The molecule has 0 aromatic rings. The Labute approximate surface area is 127 Å². The van der Waals surface area contributed by atoms with Crippen molar-refractivity contribution in [3.8, 4) is 0 Å². The van der Waals surface area contributed by atoms with Gasteiger partial charge in [0.2, 0.25) is 0 Å². The molecule has 0 bridgehead atoms. The Morgan fingerprint density at radius 2 is 2.24 bits per heavy atom. The Balaban J connectivity index is 1.53. The van der Waals surface area contributed by atoms with E-state index in [2.05, 4.69) is 5.32 Å². The predicted octanol–water partition coefficient (Wildman–Crippen LogP) is 1.75. The van der Waals surface area contributed by atoms with Crippen LogP contribution in [-0.4, -0.2) is 54.5 Å². The molecule has 1 aliphatic heterocycles. The molecule has 0 aromatic carbocycles. The molecule has 3 atom stereocenters. The summed E-state index contributed by atoms with van der Waals surface area (Å²) >= 11 is 0. The second-order valence-corrected chi connectivity index (χ2v) is 6.91. The van der Waals surface area contributed by atoms with Gasteiger partial charge in [-0.3, -0.25) is 0 Å². The summed E-state index contributed by atoms with van der Waals surface area (Å²) in [6.45, 7) is 4.50. The quantitative estimate of drug-likeness (QED) is 0.831. The lowest BCUT2D eigenvalue weighted by atomic mass is 9.51. The van der Waals surface area contributed by atoms with Gasteiger partial charge >= 0.3 is 6.03 Å². The van der Waals surface area contributed by atoms with E-state index in [-0.39, 0.29) is 30.0 Å². The maximum absolute atomic E-state index is 12.4. The number of ether oxygens (including phenoxy) is 1. The monoisotopic (exact) mass is 296 g/mol. The number of hydrogen-bond acceptors (Lipinski definition) is 3. The number of piperidine rings is 1. The maximum Gasteiger partial charge on any atom is 0.317 e. The lowest BCUT2D eigenvalue weighted by Crippen LogP contribution is -2.68. The van der Waals surface area contributed by atoms with Gasteiger partial charge in [0.1, 0.15) is 0 Å². The summed E-state index contributed by atoms with van der Waals surface area (Å²) in [4.78, 5) is 14.3. The molecule has 2 saturated carbocycles. The van der Waals surface area contributed by atoms with Gasteiger partial charge in [-0.1, -0.05) is 6.42 Å². The van der Waals surface area contributed by atoms with Gasteiger partial charge in [-0.2, -0.15) is 0 Å². The van der Waals surface area contributed by atoms with E-state index in [1.54, 1.807) is 0 Å². The lowest BCUT2D eigenvalue weighted by Gasteiger charge is -2.61. The third-order valence-corrected chi connectivity index (χ3v) is 5.80. The third-order valence-electron chi connectivity index (χ3n) is 5.80. The van der Waals surface area contributed by atoms with E-state index < -0.39 is 0 Å². The van der Waals surface area contributed by atoms with Crippen LogP contribution in [0.3, 0.4) is 0 Å². The van der Waals surface area contributed by atoms with Crippen LogP contribution in [0.15, 0.2) is 0 Å².